The van der Waals surface area contributed by atoms with Gasteiger partial charge in [-0.15, -0.1) is 0 Å². The Kier molecular flexibility index (Phi) is 6.90. The molecule has 1 unspecified atom stereocenters. The first kappa shape index (κ1) is 17.8. The van der Waals surface area contributed by atoms with E-state index in [-0.39, 0.29) is 5.91 Å². The van der Waals surface area contributed by atoms with Crippen molar-refractivity contribution in [1.29, 1.82) is 0 Å². The predicted octanol–water partition coefficient (Wildman–Crippen LogP) is 3.25. The molecule has 1 heterocycles. The Morgan fingerprint density at radius 3 is 2.70 bits per heavy atom. The van der Waals surface area contributed by atoms with Gasteiger partial charge in [-0.05, 0) is 69.5 Å². The molecule has 1 aliphatic rings. The molecule has 23 heavy (non-hydrogen) atoms. The molecule has 1 atom stereocenters. The normalized spacial score (nSPS) is 16.8. The average molecular weight is 318 g/mol. The van der Waals surface area contributed by atoms with Crippen molar-refractivity contribution < 1.29 is 9.53 Å². The largest absolute Gasteiger partial charge is 0.494 e. The van der Waals surface area contributed by atoms with Crippen LogP contribution in [0.2, 0.25) is 0 Å². The van der Waals surface area contributed by atoms with Crippen LogP contribution in [0.4, 0.5) is 0 Å². The molecule has 4 heteroatoms. The summed E-state index contributed by atoms with van der Waals surface area (Å²) in [6.45, 7) is 11.0. The number of likely N-dealkylation sites (tertiary alicyclic amines) is 1. The first-order valence-electron chi connectivity index (χ1n) is 8.84. The highest BCUT2D eigenvalue weighted by molar-refractivity contribution is 5.94. The third-order valence-electron chi connectivity index (χ3n) is 4.37. The lowest BCUT2D eigenvalue weighted by molar-refractivity contribution is 0.0942. The minimum atomic E-state index is 0.00152. The van der Waals surface area contributed by atoms with Crippen molar-refractivity contribution in [2.45, 2.75) is 40.0 Å². The molecule has 0 aromatic heterocycles. The number of hydrogen-bond donors (Lipinski definition) is 1. The van der Waals surface area contributed by atoms with Gasteiger partial charge in [-0.25, -0.2) is 0 Å². The van der Waals surface area contributed by atoms with E-state index in [9.17, 15) is 4.79 Å². The number of aryl methyl sites for hydroxylation is 1. The van der Waals surface area contributed by atoms with E-state index in [2.05, 4.69) is 17.1 Å². The number of hydrogen-bond acceptors (Lipinski definition) is 3. The monoisotopic (exact) mass is 318 g/mol. The third kappa shape index (κ3) is 5.54. The highest BCUT2D eigenvalue weighted by Gasteiger charge is 2.15. The summed E-state index contributed by atoms with van der Waals surface area (Å²) < 4.78 is 5.52. The number of benzene rings is 1. The Morgan fingerprint density at radius 1 is 1.30 bits per heavy atom. The molecule has 1 aliphatic heterocycles. The highest BCUT2D eigenvalue weighted by atomic mass is 16.5. The van der Waals surface area contributed by atoms with E-state index in [1.807, 2.05) is 32.0 Å². The van der Waals surface area contributed by atoms with Crippen molar-refractivity contribution in [3.63, 3.8) is 0 Å². The summed E-state index contributed by atoms with van der Waals surface area (Å²) in [6, 6.07) is 5.61. The third-order valence-corrected chi connectivity index (χ3v) is 4.37. The number of ether oxygens (including phenoxy) is 1. The van der Waals surface area contributed by atoms with Crippen molar-refractivity contribution in [1.82, 2.24) is 10.2 Å². The molecule has 0 aliphatic carbocycles. The Morgan fingerprint density at radius 2 is 2.04 bits per heavy atom. The van der Waals surface area contributed by atoms with Crippen molar-refractivity contribution in [3.8, 4) is 5.75 Å². The molecular weight excluding hydrogens is 288 g/mol. The zero-order valence-corrected chi connectivity index (χ0v) is 14.7. The first-order valence-corrected chi connectivity index (χ1v) is 8.84. The quantitative estimate of drug-likeness (QED) is 0.839. The summed E-state index contributed by atoms with van der Waals surface area (Å²) in [7, 11) is 0. The number of rotatable bonds is 7. The summed E-state index contributed by atoms with van der Waals surface area (Å²) >= 11 is 0. The van der Waals surface area contributed by atoms with E-state index in [4.69, 9.17) is 4.74 Å². The predicted molar refractivity (Wildman–Crippen MR) is 94.1 cm³/mol. The maximum Gasteiger partial charge on any atom is 0.251 e. The van der Waals surface area contributed by atoms with Gasteiger partial charge in [0.15, 0.2) is 0 Å². The second-order valence-corrected chi connectivity index (χ2v) is 6.59. The van der Waals surface area contributed by atoms with Gasteiger partial charge in [0.25, 0.3) is 5.91 Å². The molecule has 1 saturated heterocycles. The molecule has 1 fully saturated rings. The van der Waals surface area contributed by atoms with Gasteiger partial charge in [0.1, 0.15) is 5.75 Å². The summed E-state index contributed by atoms with van der Waals surface area (Å²) in [6.07, 6.45) is 3.98. The highest BCUT2D eigenvalue weighted by Crippen LogP contribution is 2.19. The second kappa shape index (κ2) is 8.92. The number of nitrogens with one attached hydrogen (secondary N) is 1. The molecule has 2 rings (SSSR count). The SMILES string of the molecule is CCOc1ccc(C(=O)NCC(C)CN2CCCCC2)cc1C. The van der Waals surface area contributed by atoms with Gasteiger partial charge in [0.05, 0.1) is 6.61 Å². The number of carbonyl (C=O) groups is 1. The lowest BCUT2D eigenvalue weighted by Gasteiger charge is -2.29. The standard InChI is InChI=1S/C19H30N2O2/c1-4-23-18-9-8-17(12-16(18)3)19(22)20-13-15(2)14-21-10-6-5-7-11-21/h8-9,12,15H,4-7,10-11,13-14H2,1-3H3,(H,20,22). The maximum atomic E-state index is 12.3. The molecule has 128 valence electrons. The summed E-state index contributed by atoms with van der Waals surface area (Å²) in [5.74, 6) is 1.32. The van der Waals surface area contributed by atoms with Crippen LogP contribution in [0.25, 0.3) is 0 Å². The Labute approximate surface area is 140 Å². The van der Waals surface area contributed by atoms with Crippen LogP contribution in [0.15, 0.2) is 18.2 Å². The lowest BCUT2D eigenvalue weighted by atomic mass is 10.1. The number of carbonyl (C=O) groups excluding carboxylic acids is 1. The van der Waals surface area contributed by atoms with Gasteiger partial charge in [0.2, 0.25) is 0 Å². The van der Waals surface area contributed by atoms with E-state index < -0.39 is 0 Å². The van der Waals surface area contributed by atoms with Crippen LogP contribution < -0.4 is 10.1 Å². The smallest absolute Gasteiger partial charge is 0.251 e. The summed E-state index contributed by atoms with van der Waals surface area (Å²) in [5.41, 5.74) is 1.71. The molecule has 1 aromatic rings. The topological polar surface area (TPSA) is 41.6 Å². The van der Waals surface area contributed by atoms with Gasteiger partial charge in [-0.2, -0.15) is 0 Å². The molecule has 1 aromatic carbocycles. The van der Waals surface area contributed by atoms with Gasteiger partial charge in [-0.3, -0.25) is 4.79 Å². The number of nitrogens with zero attached hydrogens (tertiary/aromatic N) is 1. The molecule has 0 bridgehead atoms. The Bertz CT molecular complexity index is 510. The van der Waals surface area contributed by atoms with Crippen LogP contribution in [-0.2, 0) is 0 Å². The van der Waals surface area contributed by atoms with Crippen molar-refractivity contribution >= 4 is 5.91 Å². The Balaban J connectivity index is 1.80. The fourth-order valence-electron chi connectivity index (χ4n) is 3.12. The average Bonchev–Trinajstić information content (AvgIpc) is 2.55. The molecule has 1 amide bonds. The van der Waals surface area contributed by atoms with E-state index >= 15 is 0 Å². The van der Waals surface area contributed by atoms with Gasteiger partial charge in [-0.1, -0.05) is 13.3 Å². The summed E-state index contributed by atoms with van der Waals surface area (Å²) in [4.78, 5) is 14.8. The zero-order valence-electron chi connectivity index (χ0n) is 14.7. The second-order valence-electron chi connectivity index (χ2n) is 6.59. The van der Waals surface area contributed by atoms with Crippen LogP contribution >= 0.6 is 0 Å². The van der Waals surface area contributed by atoms with Gasteiger partial charge in [0, 0.05) is 18.7 Å². The van der Waals surface area contributed by atoms with E-state index in [0.29, 0.717) is 18.1 Å². The fraction of sp³-hybridized carbons (Fsp3) is 0.632. The van der Waals surface area contributed by atoms with E-state index in [1.54, 1.807) is 0 Å². The van der Waals surface area contributed by atoms with Crippen LogP contribution in [-0.4, -0.2) is 43.6 Å². The Hall–Kier alpha value is -1.55. The van der Waals surface area contributed by atoms with Crippen molar-refractivity contribution in [2.24, 2.45) is 5.92 Å². The zero-order chi connectivity index (χ0) is 16.7. The van der Waals surface area contributed by atoms with E-state index in [0.717, 1.165) is 24.4 Å². The van der Waals surface area contributed by atoms with Crippen LogP contribution in [0, 0.1) is 12.8 Å². The van der Waals surface area contributed by atoms with E-state index in [1.165, 1.54) is 32.4 Å². The molecule has 0 saturated carbocycles. The first-order chi connectivity index (χ1) is 11.1. The van der Waals surface area contributed by atoms with Crippen molar-refractivity contribution in [2.75, 3.05) is 32.8 Å². The molecule has 0 spiro atoms. The molecule has 1 N–H and O–H groups in total. The minimum Gasteiger partial charge on any atom is -0.494 e. The molecule has 4 nitrogen and oxygen atoms in total. The molecule has 0 radical (unpaired) electrons. The maximum absolute atomic E-state index is 12.3. The minimum absolute atomic E-state index is 0.00152. The number of amides is 1. The van der Waals surface area contributed by atoms with Crippen LogP contribution in [0.3, 0.4) is 0 Å². The van der Waals surface area contributed by atoms with Crippen LogP contribution in [0.1, 0.15) is 49.0 Å². The summed E-state index contributed by atoms with van der Waals surface area (Å²) in [5, 5.41) is 3.06. The fourth-order valence-corrected chi connectivity index (χ4v) is 3.12. The number of piperidine rings is 1. The lowest BCUT2D eigenvalue weighted by Crippen LogP contribution is -2.38. The van der Waals surface area contributed by atoms with Gasteiger partial charge >= 0.3 is 0 Å². The molecular formula is C19H30N2O2. The van der Waals surface area contributed by atoms with Gasteiger partial charge < -0.3 is 15.0 Å². The van der Waals surface area contributed by atoms with Crippen molar-refractivity contribution in [3.05, 3.63) is 29.3 Å². The van der Waals surface area contributed by atoms with Crippen LogP contribution in [0.5, 0.6) is 5.75 Å².